The van der Waals surface area contributed by atoms with Gasteiger partial charge in [0.2, 0.25) is 5.16 Å². The molecule has 118 valence electrons. The third-order valence-corrected chi connectivity index (χ3v) is 5.03. The number of hydrogen-bond acceptors (Lipinski definition) is 5. The van der Waals surface area contributed by atoms with Crippen LogP contribution in [-0.4, -0.2) is 30.0 Å². The maximum absolute atomic E-state index is 13.1. The van der Waals surface area contributed by atoms with Crippen molar-refractivity contribution in [2.24, 2.45) is 7.05 Å². The predicted molar refractivity (Wildman–Crippen MR) is 83.9 cm³/mol. The van der Waals surface area contributed by atoms with Crippen molar-refractivity contribution in [1.82, 2.24) is 30.0 Å². The van der Waals surface area contributed by atoms with Gasteiger partial charge in [-0.2, -0.15) is 5.10 Å². The molecular weight excluding hydrogens is 315 g/mol. The first-order valence-electron chi connectivity index (χ1n) is 7.43. The number of tetrazole rings is 1. The Morgan fingerprint density at radius 1 is 1.22 bits per heavy atom. The quantitative estimate of drug-likeness (QED) is 0.687. The molecule has 23 heavy (non-hydrogen) atoms. The number of benzene rings is 1. The lowest BCUT2D eigenvalue weighted by Crippen LogP contribution is -2.01. The molecule has 6 nitrogen and oxygen atoms in total. The van der Waals surface area contributed by atoms with Gasteiger partial charge in [-0.1, -0.05) is 11.8 Å². The van der Waals surface area contributed by atoms with E-state index < -0.39 is 0 Å². The van der Waals surface area contributed by atoms with Gasteiger partial charge in [-0.25, -0.2) is 13.8 Å². The summed E-state index contributed by atoms with van der Waals surface area (Å²) in [6.45, 7) is 0. The maximum atomic E-state index is 13.1. The van der Waals surface area contributed by atoms with Crippen LogP contribution in [0.2, 0.25) is 0 Å². The van der Waals surface area contributed by atoms with Crippen LogP contribution in [0.1, 0.15) is 23.4 Å². The second kappa shape index (κ2) is 5.77. The number of hydrogen-bond donors (Lipinski definition) is 0. The summed E-state index contributed by atoms with van der Waals surface area (Å²) in [5.74, 6) is 0.494. The van der Waals surface area contributed by atoms with Crippen molar-refractivity contribution in [2.75, 3.05) is 0 Å². The van der Waals surface area contributed by atoms with Crippen LogP contribution in [0.25, 0.3) is 5.69 Å². The van der Waals surface area contributed by atoms with Gasteiger partial charge in [0.25, 0.3) is 0 Å². The molecule has 0 bridgehead atoms. The molecule has 0 saturated heterocycles. The summed E-state index contributed by atoms with van der Waals surface area (Å²) in [5, 5.41) is 17.0. The molecule has 3 aromatic rings. The summed E-state index contributed by atoms with van der Waals surface area (Å²) in [7, 11) is 1.82. The van der Waals surface area contributed by atoms with Crippen molar-refractivity contribution in [1.29, 1.82) is 0 Å². The Morgan fingerprint density at radius 2 is 2.04 bits per heavy atom. The van der Waals surface area contributed by atoms with Crippen LogP contribution in [0, 0.1) is 5.82 Å². The highest BCUT2D eigenvalue weighted by Gasteiger charge is 2.23. The lowest BCUT2D eigenvalue weighted by Gasteiger charge is -2.05. The van der Waals surface area contributed by atoms with Gasteiger partial charge in [-0.3, -0.25) is 0 Å². The van der Waals surface area contributed by atoms with E-state index in [4.69, 9.17) is 5.10 Å². The molecule has 0 spiro atoms. The standard InChI is InChI=1S/C15H15FN6S/c1-21-15(17-19-20-21)23-9-13-12-3-2-4-14(12)22(18-13)11-7-5-10(16)6-8-11/h5-8H,2-4,9H2,1H3. The summed E-state index contributed by atoms with van der Waals surface area (Å²) < 4.78 is 16.7. The van der Waals surface area contributed by atoms with Crippen LogP contribution in [0.15, 0.2) is 29.4 Å². The minimum atomic E-state index is -0.233. The second-order valence-corrected chi connectivity index (χ2v) is 6.43. The summed E-state index contributed by atoms with van der Waals surface area (Å²) >= 11 is 1.57. The Labute approximate surface area is 136 Å². The SMILES string of the molecule is Cn1nnnc1SCc1nn(-c2ccc(F)cc2)c2c1CCC2. The first kappa shape index (κ1) is 14.4. The molecule has 0 atom stereocenters. The molecule has 2 heterocycles. The summed E-state index contributed by atoms with van der Waals surface area (Å²) in [4.78, 5) is 0. The average Bonchev–Trinajstić information content (AvgIpc) is 3.24. The van der Waals surface area contributed by atoms with Crippen LogP contribution < -0.4 is 0 Å². The molecule has 1 aliphatic carbocycles. The molecule has 0 unspecified atom stereocenters. The number of nitrogens with zero attached hydrogens (tertiary/aromatic N) is 6. The number of halogens is 1. The van der Waals surface area contributed by atoms with E-state index in [0.29, 0.717) is 0 Å². The van der Waals surface area contributed by atoms with Crippen LogP contribution in [-0.2, 0) is 25.6 Å². The van der Waals surface area contributed by atoms with Gasteiger partial charge >= 0.3 is 0 Å². The van der Waals surface area contributed by atoms with Crippen molar-refractivity contribution < 1.29 is 4.39 Å². The zero-order chi connectivity index (χ0) is 15.8. The highest BCUT2D eigenvalue weighted by atomic mass is 32.2. The van der Waals surface area contributed by atoms with Gasteiger partial charge in [-0.05, 0) is 59.5 Å². The molecule has 0 saturated carbocycles. The van der Waals surface area contributed by atoms with E-state index in [1.165, 1.54) is 23.4 Å². The van der Waals surface area contributed by atoms with Crippen molar-refractivity contribution in [3.63, 3.8) is 0 Å². The molecule has 0 amide bonds. The number of aryl methyl sites for hydroxylation is 1. The lowest BCUT2D eigenvalue weighted by atomic mass is 10.2. The Hall–Kier alpha value is -2.22. The molecule has 0 aliphatic heterocycles. The lowest BCUT2D eigenvalue weighted by molar-refractivity contribution is 0.626. The second-order valence-electron chi connectivity index (χ2n) is 5.49. The van der Waals surface area contributed by atoms with Gasteiger partial charge in [0, 0.05) is 18.5 Å². The fraction of sp³-hybridized carbons (Fsp3) is 0.333. The molecular formula is C15H15FN6S. The Bertz CT molecular complexity index is 838. The average molecular weight is 330 g/mol. The number of aromatic nitrogens is 6. The fourth-order valence-electron chi connectivity index (χ4n) is 2.90. The van der Waals surface area contributed by atoms with E-state index in [1.807, 2.05) is 11.7 Å². The summed E-state index contributed by atoms with van der Waals surface area (Å²) in [5.41, 5.74) is 4.52. The Kier molecular flexibility index (Phi) is 3.60. The van der Waals surface area contributed by atoms with Crippen molar-refractivity contribution in [2.45, 2.75) is 30.2 Å². The summed E-state index contributed by atoms with van der Waals surface area (Å²) in [6, 6.07) is 6.48. The maximum Gasteiger partial charge on any atom is 0.209 e. The third kappa shape index (κ3) is 2.63. The molecule has 0 radical (unpaired) electrons. The fourth-order valence-corrected chi connectivity index (χ4v) is 3.72. The largest absolute Gasteiger partial charge is 0.237 e. The van der Waals surface area contributed by atoms with Gasteiger partial charge in [0.15, 0.2) is 0 Å². The van der Waals surface area contributed by atoms with Crippen molar-refractivity contribution >= 4 is 11.8 Å². The van der Waals surface area contributed by atoms with Crippen LogP contribution in [0.5, 0.6) is 0 Å². The normalized spacial score (nSPS) is 13.5. The van der Waals surface area contributed by atoms with E-state index >= 15 is 0 Å². The van der Waals surface area contributed by atoms with E-state index in [1.54, 1.807) is 28.6 Å². The number of rotatable bonds is 4. The molecule has 2 aromatic heterocycles. The van der Waals surface area contributed by atoms with E-state index in [0.717, 1.165) is 41.6 Å². The van der Waals surface area contributed by atoms with E-state index in [9.17, 15) is 4.39 Å². The van der Waals surface area contributed by atoms with Gasteiger partial charge in [-0.15, -0.1) is 5.10 Å². The first-order valence-corrected chi connectivity index (χ1v) is 8.41. The van der Waals surface area contributed by atoms with Gasteiger partial charge in [0.05, 0.1) is 11.4 Å². The van der Waals surface area contributed by atoms with Crippen LogP contribution in [0.3, 0.4) is 0 Å². The third-order valence-electron chi connectivity index (χ3n) is 4.00. The molecule has 4 rings (SSSR count). The van der Waals surface area contributed by atoms with Crippen molar-refractivity contribution in [3.05, 3.63) is 47.0 Å². The first-order chi connectivity index (χ1) is 11.2. The minimum absolute atomic E-state index is 0.233. The van der Waals surface area contributed by atoms with Crippen LogP contribution in [0.4, 0.5) is 4.39 Å². The molecule has 1 aromatic carbocycles. The zero-order valence-electron chi connectivity index (χ0n) is 12.6. The summed E-state index contributed by atoms with van der Waals surface area (Å²) in [6.07, 6.45) is 3.19. The highest BCUT2D eigenvalue weighted by Crippen LogP contribution is 2.31. The molecule has 0 fully saturated rings. The Balaban J connectivity index is 1.65. The smallest absolute Gasteiger partial charge is 0.209 e. The molecule has 0 N–H and O–H groups in total. The number of fused-ring (bicyclic) bond motifs is 1. The van der Waals surface area contributed by atoms with Gasteiger partial charge < -0.3 is 0 Å². The Morgan fingerprint density at radius 3 is 2.78 bits per heavy atom. The van der Waals surface area contributed by atoms with Crippen LogP contribution >= 0.6 is 11.8 Å². The van der Waals surface area contributed by atoms with Gasteiger partial charge in [0.1, 0.15) is 5.82 Å². The predicted octanol–water partition coefficient (Wildman–Crippen LogP) is 2.32. The van der Waals surface area contributed by atoms with Crippen molar-refractivity contribution in [3.8, 4) is 5.69 Å². The molecule has 1 aliphatic rings. The topological polar surface area (TPSA) is 61.4 Å². The zero-order valence-corrected chi connectivity index (χ0v) is 13.4. The number of thioether (sulfide) groups is 1. The highest BCUT2D eigenvalue weighted by molar-refractivity contribution is 7.98. The minimum Gasteiger partial charge on any atom is -0.237 e. The monoisotopic (exact) mass is 330 g/mol. The van der Waals surface area contributed by atoms with E-state index in [-0.39, 0.29) is 5.82 Å². The van der Waals surface area contributed by atoms with E-state index in [2.05, 4.69) is 15.5 Å². The molecule has 8 heteroatoms.